The molecule has 3 heteroatoms. The van der Waals surface area contributed by atoms with Crippen LogP contribution in [0.15, 0.2) is 28.9 Å². The van der Waals surface area contributed by atoms with E-state index in [4.69, 9.17) is 4.42 Å². The van der Waals surface area contributed by atoms with Crippen LogP contribution >= 0.6 is 0 Å². The van der Waals surface area contributed by atoms with Crippen molar-refractivity contribution < 1.29 is 4.42 Å². The minimum atomic E-state index is 0.299. The van der Waals surface area contributed by atoms with Crippen molar-refractivity contribution in [2.75, 3.05) is 0 Å². The Morgan fingerprint density at radius 3 is 3.05 bits per heavy atom. The van der Waals surface area contributed by atoms with Crippen molar-refractivity contribution in [3.63, 3.8) is 0 Å². The summed E-state index contributed by atoms with van der Waals surface area (Å²) >= 11 is 0. The Kier molecular flexibility index (Phi) is 3.02. The second-order valence-corrected chi connectivity index (χ2v) is 6.43. The number of H-pyrrole nitrogens is 1. The Morgan fingerprint density at radius 2 is 2.32 bits per heavy atom. The van der Waals surface area contributed by atoms with Gasteiger partial charge in [-0.3, -0.25) is 0 Å². The zero-order valence-corrected chi connectivity index (χ0v) is 11.9. The van der Waals surface area contributed by atoms with Gasteiger partial charge in [-0.05, 0) is 36.5 Å². The summed E-state index contributed by atoms with van der Waals surface area (Å²) in [7, 11) is 0. The lowest BCUT2D eigenvalue weighted by atomic mass is 9.74. The fourth-order valence-electron chi connectivity index (χ4n) is 3.08. The van der Waals surface area contributed by atoms with Crippen LogP contribution in [0.3, 0.4) is 0 Å². The Morgan fingerprint density at radius 1 is 1.47 bits per heavy atom. The summed E-state index contributed by atoms with van der Waals surface area (Å²) in [6.07, 6.45) is 6.21. The second-order valence-electron chi connectivity index (χ2n) is 6.43. The topological polar surface area (TPSA) is 41.0 Å². The number of nitrogens with one attached hydrogen (secondary N) is 2. The Bertz CT molecular complexity index is 551. The zero-order valence-electron chi connectivity index (χ0n) is 11.9. The van der Waals surface area contributed by atoms with Crippen molar-refractivity contribution in [2.45, 2.75) is 46.2 Å². The molecule has 2 aromatic heterocycles. The molecule has 1 atom stereocenters. The largest absolute Gasteiger partial charge is 0.466 e. The molecule has 1 aliphatic carbocycles. The molecule has 0 saturated carbocycles. The number of rotatable bonds is 3. The molecule has 0 saturated heterocycles. The van der Waals surface area contributed by atoms with E-state index in [2.05, 4.69) is 36.3 Å². The van der Waals surface area contributed by atoms with Gasteiger partial charge in [-0.25, -0.2) is 0 Å². The lowest BCUT2D eigenvalue weighted by Gasteiger charge is -2.34. The predicted octanol–water partition coefficient (Wildman–Crippen LogP) is 3.72. The molecule has 2 N–H and O–H groups in total. The van der Waals surface area contributed by atoms with Gasteiger partial charge in [0.05, 0.1) is 0 Å². The summed E-state index contributed by atoms with van der Waals surface area (Å²) in [6.45, 7) is 7.57. The van der Waals surface area contributed by atoms with Crippen molar-refractivity contribution in [3.8, 4) is 0 Å². The maximum absolute atomic E-state index is 5.86. The van der Waals surface area contributed by atoms with Gasteiger partial charge in [-0.2, -0.15) is 0 Å². The van der Waals surface area contributed by atoms with Crippen LogP contribution in [-0.4, -0.2) is 4.98 Å². The molecule has 1 unspecified atom stereocenters. The van der Waals surface area contributed by atoms with Gasteiger partial charge in [0, 0.05) is 37.0 Å². The molecule has 2 aromatic rings. The van der Waals surface area contributed by atoms with Crippen LogP contribution in [0.25, 0.3) is 0 Å². The maximum Gasteiger partial charge on any atom is 0.109 e. The van der Waals surface area contributed by atoms with Crippen molar-refractivity contribution >= 4 is 0 Å². The van der Waals surface area contributed by atoms with Crippen LogP contribution in [0.1, 0.15) is 49.0 Å². The van der Waals surface area contributed by atoms with E-state index in [1.807, 2.05) is 19.3 Å². The minimum Gasteiger partial charge on any atom is -0.466 e. The van der Waals surface area contributed by atoms with Gasteiger partial charge in [-0.1, -0.05) is 13.8 Å². The highest BCUT2D eigenvalue weighted by Gasteiger charge is 2.34. The summed E-state index contributed by atoms with van der Waals surface area (Å²) < 4.78 is 5.86. The molecule has 0 bridgehead atoms. The van der Waals surface area contributed by atoms with Gasteiger partial charge in [0.1, 0.15) is 11.5 Å². The van der Waals surface area contributed by atoms with E-state index in [0.29, 0.717) is 11.5 Å². The molecule has 0 radical (unpaired) electrons. The first-order valence-electron chi connectivity index (χ1n) is 6.98. The fourth-order valence-corrected chi connectivity index (χ4v) is 3.08. The number of aryl methyl sites for hydroxylation is 1. The first-order chi connectivity index (χ1) is 9.03. The van der Waals surface area contributed by atoms with Crippen LogP contribution in [0.4, 0.5) is 0 Å². The summed E-state index contributed by atoms with van der Waals surface area (Å²) in [4.78, 5) is 3.10. The molecule has 3 rings (SSSR count). The van der Waals surface area contributed by atoms with Crippen molar-refractivity contribution in [1.29, 1.82) is 0 Å². The van der Waals surface area contributed by atoms with Gasteiger partial charge in [0.2, 0.25) is 0 Å². The lowest BCUT2D eigenvalue weighted by molar-refractivity contribution is 0.233. The zero-order chi connectivity index (χ0) is 13.5. The Balaban J connectivity index is 1.80. The predicted molar refractivity (Wildman–Crippen MR) is 75.9 cm³/mol. The van der Waals surface area contributed by atoms with Gasteiger partial charge in [0.15, 0.2) is 0 Å². The first-order valence-corrected chi connectivity index (χ1v) is 6.98. The van der Waals surface area contributed by atoms with Crippen LogP contribution in [0.5, 0.6) is 0 Å². The number of aromatic amines is 1. The fraction of sp³-hybridized carbons (Fsp3) is 0.500. The van der Waals surface area contributed by atoms with E-state index in [-0.39, 0.29) is 0 Å². The highest BCUT2D eigenvalue weighted by Crippen LogP contribution is 2.42. The normalized spacial score (nSPS) is 21.3. The summed E-state index contributed by atoms with van der Waals surface area (Å²) in [5.41, 5.74) is 2.95. The standard InChI is InChI=1S/C16H22N2O/c1-11-6-13-14(18-10-12-4-5-17-9-12)7-16(2,3)8-15(13)19-11/h4-6,9,14,17-18H,7-8,10H2,1-3H3. The molecule has 0 spiro atoms. The third-order valence-electron chi connectivity index (χ3n) is 3.95. The highest BCUT2D eigenvalue weighted by molar-refractivity contribution is 5.29. The molecule has 2 heterocycles. The van der Waals surface area contributed by atoms with Crippen LogP contribution in [-0.2, 0) is 13.0 Å². The van der Waals surface area contributed by atoms with Gasteiger partial charge < -0.3 is 14.7 Å². The van der Waals surface area contributed by atoms with Crippen LogP contribution in [0, 0.1) is 12.3 Å². The maximum atomic E-state index is 5.86. The average molecular weight is 258 g/mol. The number of hydrogen-bond donors (Lipinski definition) is 2. The quantitative estimate of drug-likeness (QED) is 0.881. The van der Waals surface area contributed by atoms with Gasteiger partial charge in [-0.15, -0.1) is 0 Å². The van der Waals surface area contributed by atoms with Crippen molar-refractivity contribution in [2.24, 2.45) is 5.41 Å². The minimum absolute atomic E-state index is 0.299. The van der Waals surface area contributed by atoms with E-state index >= 15 is 0 Å². The Hall–Kier alpha value is -1.48. The smallest absolute Gasteiger partial charge is 0.109 e. The molecule has 19 heavy (non-hydrogen) atoms. The van der Waals surface area contributed by atoms with E-state index in [1.165, 1.54) is 16.9 Å². The molecule has 1 aliphatic rings. The monoisotopic (exact) mass is 258 g/mol. The lowest BCUT2D eigenvalue weighted by Crippen LogP contribution is -2.32. The number of hydrogen-bond acceptors (Lipinski definition) is 2. The molecule has 3 nitrogen and oxygen atoms in total. The third-order valence-corrected chi connectivity index (χ3v) is 3.95. The van der Waals surface area contributed by atoms with E-state index in [0.717, 1.165) is 25.1 Å². The summed E-state index contributed by atoms with van der Waals surface area (Å²) in [6, 6.07) is 4.70. The SMILES string of the molecule is Cc1cc2c(o1)CC(C)(C)CC2NCc1cc[nH]c1. The molecule has 102 valence electrons. The molecule has 0 aromatic carbocycles. The van der Waals surface area contributed by atoms with E-state index in [9.17, 15) is 0 Å². The Labute approximate surface area is 114 Å². The molecular weight excluding hydrogens is 236 g/mol. The summed E-state index contributed by atoms with van der Waals surface area (Å²) in [5.74, 6) is 2.19. The third kappa shape index (κ3) is 2.61. The van der Waals surface area contributed by atoms with Gasteiger partial charge in [0.25, 0.3) is 0 Å². The first kappa shape index (κ1) is 12.5. The second kappa shape index (κ2) is 4.57. The molecule has 0 aliphatic heterocycles. The molecule has 0 amide bonds. The number of fused-ring (bicyclic) bond motifs is 1. The average Bonchev–Trinajstić information content (AvgIpc) is 2.93. The van der Waals surface area contributed by atoms with Crippen LogP contribution < -0.4 is 5.32 Å². The van der Waals surface area contributed by atoms with Crippen molar-refractivity contribution in [3.05, 3.63) is 47.2 Å². The summed E-state index contributed by atoms with van der Waals surface area (Å²) in [5, 5.41) is 3.67. The van der Waals surface area contributed by atoms with E-state index in [1.54, 1.807) is 0 Å². The van der Waals surface area contributed by atoms with Crippen molar-refractivity contribution in [1.82, 2.24) is 10.3 Å². The van der Waals surface area contributed by atoms with E-state index < -0.39 is 0 Å². The highest BCUT2D eigenvalue weighted by atomic mass is 16.3. The van der Waals surface area contributed by atoms with Gasteiger partial charge >= 0.3 is 0 Å². The number of aromatic nitrogens is 1. The van der Waals surface area contributed by atoms with Crippen LogP contribution in [0.2, 0.25) is 0 Å². The number of furan rings is 1. The molecule has 0 fully saturated rings. The molecular formula is C16H22N2O.